The van der Waals surface area contributed by atoms with Gasteiger partial charge in [0.25, 0.3) is 0 Å². The zero-order valence-electron chi connectivity index (χ0n) is 24.2. The van der Waals surface area contributed by atoms with Gasteiger partial charge in [0.05, 0.1) is 0 Å². The van der Waals surface area contributed by atoms with Gasteiger partial charge in [-0.05, 0) is 13.8 Å². The monoisotopic (exact) mass is 1290 g/mol. The standard InChI is InChI=1S/6C4H3O.2C2H4O2.2Cu.2HI.2H3P.3Pd/c6*1-2-4-5-3-1;2*1-2(3)4;;;;;;;;;/h6*1-3H;2*1H3,(H,3,4);;;2*1H;2*1H3;;;/q;;;;;;;;2*-1;;;;;3*+2/p-4. The summed E-state index contributed by atoms with van der Waals surface area (Å²) >= 11 is -0.688. The SMILES string of the molecule is CC(=O)[O-].CC(=O)[O-].P.P.[I-].[I-].[Pd+2].[Pd+2].[Pd+2].c1co[c]([Cu-]([c]2ccco2)[c]2ccco2)c1.c1co[c]([Cu-]([c]2ccco2)[c]2ccco2)c1. The van der Waals surface area contributed by atoms with E-state index in [0.29, 0.717) is 0 Å². The summed E-state index contributed by atoms with van der Waals surface area (Å²) in [5.74, 6) is -2.17. The molecule has 19 heteroatoms. The van der Waals surface area contributed by atoms with Gasteiger partial charge in [-0.1, -0.05) is 0 Å². The fraction of sp³-hybridized carbons (Fsp3) is 0.0714. The molecule has 0 aliphatic carbocycles. The van der Waals surface area contributed by atoms with Gasteiger partial charge in [0.15, 0.2) is 0 Å². The molecule has 0 radical (unpaired) electrons. The fourth-order valence-electron chi connectivity index (χ4n) is 2.43. The summed E-state index contributed by atoms with van der Waals surface area (Å²) in [5, 5.41) is 17.8. The van der Waals surface area contributed by atoms with Gasteiger partial charge in [0.2, 0.25) is 0 Å². The summed E-state index contributed by atoms with van der Waals surface area (Å²) in [6, 6.07) is 22.7. The Morgan fingerprint density at radius 2 is 0.574 bits per heavy atom. The zero-order chi connectivity index (χ0) is 28.7. The van der Waals surface area contributed by atoms with E-state index in [1.54, 1.807) is 37.6 Å². The minimum absolute atomic E-state index is 0. The summed E-state index contributed by atoms with van der Waals surface area (Å²) in [6.45, 7) is 1.94. The van der Waals surface area contributed by atoms with Crippen molar-refractivity contribution in [3.63, 3.8) is 0 Å². The molecular weight excluding hydrogens is 1260 g/mol. The number of carboxylic acids is 2. The molecule has 278 valence electrons. The van der Waals surface area contributed by atoms with Crippen LogP contribution in [0.3, 0.4) is 0 Å². The number of halogens is 2. The van der Waals surface area contributed by atoms with Crippen LogP contribution in [-0.2, 0) is 98.7 Å². The van der Waals surface area contributed by atoms with Crippen molar-refractivity contribution in [1.82, 2.24) is 0 Å². The molecule has 0 fully saturated rings. The Hall–Kier alpha value is -0.0340. The predicted octanol–water partition coefficient (Wildman–Crippen LogP) is -5.65. The Bertz CT molecular complexity index is 1200. The van der Waals surface area contributed by atoms with Crippen LogP contribution >= 0.6 is 19.8 Å². The second-order valence-corrected chi connectivity index (χ2v) is 10.9. The number of hydrogen-bond donors (Lipinski definition) is 0. The number of aliphatic carboxylic acids is 2. The molecule has 0 saturated carbocycles. The van der Waals surface area contributed by atoms with E-state index in [2.05, 4.69) is 0 Å². The van der Waals surface area contributed by atoms with Gasteiger partial charge in [-0.3, -0.25) is 0 Å². The van der Waals surface area contributed by atoms with Crippen molar-refractivity contribution in [1.29, 1.82) is 0 Å². The number of furan rings is 6. The number of carbonyl (C=O) groups excluding carboxylic acids is 2. The predicted molar refractivity (Wildman–Crippen MR) is 154 cm³/mol. The van der Waals surface area contributed by atoms with Crippen molar-refractivity contribution in [3.05, 3.63) is 110 Å². The molecule has 0 saturated heterocycles. The second kappa shape index (κ2) is 31.9. The van der Waals surface area contributed by atoms with Gasteiger partial charge in [-0.15, -0.1) is 0 Å². The van der Waals surface area contributed by atoms with Gasteiger partial charge in [-0.2, -0.15) is 19.8 Å². The van der Waals surface area contributed by atoms with Crippen molar-refractivity contribution in [2.24, 2.45) is 0 Å². The van der Waals surface area contributed by atoms with E-state index in [0.717, 1.165) is 41.8 Å². The molecule has 0 N–H and O–H groups in total. The van der Waals surface area contributed by atoms with E-state index in [4.69, 9.17) is 46.3 Å². The van der Waals surface area contributed by atoms with Crippen LogP contribution in [0.25, 0.3) is 0 Å². The van der Waals surface area contributed by atoms with E-state index in [1.165, 1.54) is 0 Å². The molecule has 6 heterocycles. The number of rotatable bonds is 6. The minimum atomic E-state index is -1.08. The maximum atomic E-state index is 8.89. The number of carbonyl (C=O) groups is 2. The van der Waals surface area contributed by atoms with E-state index < -0.39 is 11.9 Å². The average molecular weight is 1290 g/mol. The fourth-order valence-corrected chi connectivity index (χ4v) is 6.34. The molecule has 2 atom stereocenters. The van der Waals surface area contributed by atoms with Crippen molar-refractivity contribution >= 4 is 59.7 Å². The third-order valence-electron chi connectivity index (χ3n) is 3.68. The maximum absolute atomic E-state index is 8.89. The Kier molecular flexibility index (Phi) is 38.3. The molecule has 0 bridgehead atoms. The van der Waals surface area contributed by atoms with E-state index in [-0.39, 0.29) is 157 Å². The van der Waals surface area contributed by atoms with Crippen LogP contribution in [-0.4, -0.2) is 11.9 Å². The van der Waals surface area contributed by atoms with Crippen molar-refractivity contribution in [2.75, 3.05) is 0 Å². The molecule has 0 amide bonds. The topological polar surface area (TPSA) is 159 Å². The van der Waals surface area contributed by atoms with Gasteiger partial charge >= 0.3 is 254 Å². The van der Waals surface area contributed by atoms with Crippen LogP contribution < -0.4 is 86.1 Å². The first-order valence-electron chi connectivity index (χ1n) is 11.1. The van der Waals surface area contributed by atoms with Gasteiger partial charge < -0.3 is 67.8 Å². The van der Waals surface area contributed by atoms with Crippen molar-refractivity contribution < 1.29 is 183 Å². The quantitative estimate of drug-likeness (QED) is 0.0896. The van der Waals surface area contributed by atoms with Crippen LogP contribution in [0.15, 0.2) is 137 Å². The van der Waals surface area contributed by atoms with E-state index in [1.807, 2.05) is 72.8 Å². The summed E-state index contributed by atoms with van der Waals surface area (Å²) in [5.41, 5.74) is 0. The summed E-state index contributed by atoms with van der Waals surface area (Å²) in [7, 11) is 0. The zero-order valence-corrected chi connectivity index (χ0v) is 37.9. The van der Waals surface area contributed by atoms with Crippen LogP contribution in [0.1, 0.15) is 13.8 Å². The summed E-state index contributed by atoms with van der Waals surface area (Å²) in [4.78, 5) is 17.8. The molecular formula is C28H30Cu2I2O10P2Pd3. The Morgan fingerprint density at radius 1 is 0.447 bits per heavy atom. The molecule has 6 aromatic rings. The third-order valence-corrected chi connectivity index (χ3v) is 8.07. The van der Waals surface area contributed by atoms with E-state index >= 15 is 0 Å². The first-order valence-corrected chi connectivity index (χ1v) is 13.9. The van der Waals surface area contributed by atoms with Gasteiger partial charge in [-0.25, -0.2) is 0 Å². The van der Waals surface area contributed by atoms with Crippen molar-refractivity contribution in [3.8, 4) is 0 Å². The number of carboxylic acid groups (broad SMARTS) is 2. The normalized spacial score (nSPS) is 8.98. The first-order chi connectivity index (χ1) is 19.4. The third kappa shape index (κ3) is 20.4. The molecule has 0 aliphatic rings. The summed E-state index contributed by atoms with van der Waals surface area (Å²) < 4.78 is 37.6. The van der Waals surface area contributed by atoms with Crippen LogP contribution in [0.2, 0.25) is 0 Å². The summed E-state index contributed by atoms with van der Waals surface area (Å²) in [6.07, 6.45) is 9.91. The Balaban J connectivity index is -0.000000182. The molecule has 6 rings (SSSR count). The molecule has 47 heavy (non-hydrogen) atoms. The Labute approximate surface area is 362 Å². The molecule has 0 aliphatic heterocycles. The molecule has 10 nitrogen and oxygen atoms in total. The molecule has 0 spiro atoms. The number of hydrogen-bond acceptors (Lipinski definition) is 10. The molecule has 2 unspecified atom stereocenters. The first kappa shape index (κ1) is 56.3. The van der Waals surface area contributed by atoms with Crippen molar-refractivity contribution in [2.45, 2.75) is 13.8 Å². The average Bonchev–Trinajstić information content (AvgIpc) is 3.72. The second-order valence-electron chi connectivity index (χ2n) is 6.71. The van der Waals surface area contributed by atoms with Crippen LogP contribution in [0.4, 0.5) is 0 Å². The Morgan fingerprint density at radius 3 is 0.660 bits per heavy atom. The van der Waals surface area contributed by atoms with Crippen LogP contribution in [0.5, 0.6) is 0 Å². The van der Waals surface area contributed by atoms with Gasteiger partial charge in [0, 0.05) is 11.9 Å². The molecule has 6 aromatic heterocycles. The van der Waals surface area contributed by atoms with E-state index in [9.17, 15) is 0 Å². The van der Waals surface area contributed by atoms with Gasteiger partial charge in [0.1, 0.15) is 0 Å². The molecule has 0 aromatic carbocycles. The van der Waals surface area contributed by atoms with Crippen LogP contribution in [0, 0.1) is 0 Å².